The molecule has 0 aromatic heterocycles. The largest absolute Gasteiger partial charge is 0.493 e. The first-order chi connectivity index (χ1) is 16.0. The van der Waals surface area contributed by atoms with E-state index >= 15 is 0 Å². The van der Waals surface area contributed by atoms with Gasteiger partial charge in [0.15, 0.2) is 23.0 Å². The molecule has 0 spiro atoms. The number of nitrogens with zero attached hydrogens (tertiary/aromatic N) is 3. The summed E-state index contributed by atoms with van der Waals surface area (Å²) in [5.74, 6) is -0.0129. The van der Waals surface area contributed by atoms with E-state index in [2.05, 4.69) is 6.07 Å². The number of nitriles is 3. The lowest BCUT2D eigenvalue weighted by atomic mass is 9.78. The van der Waals surface area contributed by atoms with Crippen molar-refractivity contribution in [3.8, 4) is 41.2 Å². The summed E-state index contributed by atoms with van der Waals surface area (Å²) in [5.41, 5.74) is 13.3. The van der Waals surface area contributed by atoms with E-state index in [-0.39, 0.29) is 45.6 Å². The number of benzene rings is 2. The maximum Gasteiger partial charge on any atom is 0.209 e. The lowest BCUT2D eigenvalue weighted by Gasteiger charge is -2.29. The molecule has 2 aliphatic heterocycles. The first kappa shape index (κ1) is 21.2. The summed E-state index contributed by atoms with van der Waals surface area (Å²) in [6.45, 7) is 0. The lowest BCUT2D eigenvalue weighted by Crippen LogP contribution is -2.23. The van der Waals surface area contributed by atoms with Crippen molar-refractivity contribution >= 4 is 5.57 Å². The van der Waals surface area contributed by atoms with Crippen LogP contribution >= 0.6 is 0 Å². The molecule has 33 heavy (non-hydrogen) atoms. The van der Waals surface area contributed by atoms with Crippen molar-refractivity contribution in [2.24, 2.45) is 11.5 Å². The summed E-state index contributed by atoms with van der Waals surface area (Å²) in [6.07, 6.45) is 0. The minimum absolute atomic E-state index is 0.0200. The Morgan fingerprint density at radius 2 is 1.52 bits per heavy atom. The smallest absolute Gasteiger partial charge is 0.209 e. The van der Waals surface area contributed by atoms with Crippen molar-refractivity contribution in [1.82, 2.24) is 0 Å². The molecular weight excluding hydrogens is 422 g/mol. The fourth-order valence-corrected chi connectivity index (χ4v) is 3.97. The van der Waals surface area contributed by atoms with Crippen LogP contribution in [0.25, 0.3) is 5.57 Å². The summed E-state index contributed by atoms with van der Waals surface area (Å²) in [4.78, 5) is 0. The second-order valence-corrected chi connectivity index (χ2v) is 6.99. The van der Waals surface area contributed by atoms with E-state index < -0.39 is 5.92 Å². The van der Waals surface area contributed by atoms with E-state index in [9.17, 15) is 15.8 Å². The zero-order chi connectivity index (χ0) is 23.7. The molecule has 2 heterocycles. The van der Waals surface area contributed by atoms with Crippen molar-refractivity contribution < 1.29 is 18.9 Å². The Morgan fingerprint density at radius 3 is 2.12 bits per heavy atom. The molecule has 0 saturated heterocycles. The molecule has 2 aromatic rings. The Morgan fingerprint density at radius 1 is 0.879 bits per heavy atom. The third-order valence-electron chi connectivity index (χ3n) is 5.39. The number of fused-ring (bicyclic) bond motifs is 2. The second-order valence-electron chi connectivity index (χ2n) is 6.99. The fourth-order valence-electron chi connectivity index (χ4n) is 3.97. The Bertz CT molecular complexity index is 1400. The number of methoxy groups -OCH3 is 2. The summed E-state index contributed by atoms with van der Waals surface area (Å²) >= 11 is 0. The van der Waals surface area contributed by atoms with Crippen LogP contribution in [0.1, 0.15) is 17.0 Å². The molecule has 0 saturated carbocycles. The molecule has 0 radical (unpaired) electrons. The highest BCUT2D eigenvalue weighted by atomic mass is 16.5. The van der Waals surface area contributed by atoms with Crippen LogP contribution in [0, 0.1) is 34.0 Å². The van der Waals surface area contributed by atoms with Crippen LogP contribution in [-0.4, -0.2) is 14.2 Å². The lowest BCUT2D eigenvalue weighted by molar-refractivity contribution is 0.344. The molecule has 4 N–H and O–H groups in total. The van der Waals surface area contributed by atoms with Crippen LogP contribution in [0.4, 0.5) is 0 Å². The highest BCUT2D eigenvalue weighted by Crippen LogP contribution is 2.51. The van der Waals surface area contributed by atoms with Crippen molar-refractivity contribution in [2.45, 2.75) is 5.92 Å². The number of ether oxygens (including phenoxy) is 4. The van der Waals surface area contributed by atoms with Crippen molar-refractivity contribution in [3.63, 3.8) is 0 Å². The summed E-state index contributed by atoms with van der Waals surface area (Å²) < 4.78 is 22.1. The monoisotopic (exact) mass is 439 g/mol. The van der Waals surface area contributed by atoms with Crippen molar-refractivity contribution in [3.05, 3.63) is 76.0 Å². The molecule has 0 amide bonds. The Balaban J connectivity index is 2.13. The van der Waals surface area contributed by atoms with Crippen LogP contribution in [0.3, 0.4) is 0 Å². The van der Waals surface area contributed by atoms with Gasteiger partial charge in [-0.2, -0.15) is 15.8 Å². The topological polar surface area (TPSA) is 160 Å². The van der Waals surface area contributed by atoms with Crippen molar-refractivity contribution in [1.29, 1.82) is 15.8 Å². The maximum absolute atomic E-state index is 10.3. The minimum atomic E-state index is -0.942. The number of rotatable bonds is 3. The predicted molar refractivity (Wildman–Crippen MR) is 116 cm³/mol. The summed E-state index contributed by atoms with van der Waals surface area (Å²) in [6, 6.07) is 16.4. The zero-order valence-corrected chi connectivity index (χ0v) is 17.7. The molecule has 0 bridgehead atoms. The maximum atomic E-state index is 10.3. The van der Waals surface area contributed by atoms with Gasteiger partial charge in [-0.05, 0) is 12.1 Å². The number of para-hydroxylation sites is 2. The van der Waals surface area contributed by atoms with Gasteiger partial charge in [-0.1, -0.05) is 24.3 Å². The van der Waals surface area contributed by atoms with E-state index in [1.807, 2.05) is 12.1 Å². The van der Waals surface area contributed by atoms with Gasteiger partial charge in [0, 0.05) is 16.7 Å². The van der Waals surface area contributed by atoms with Gasteiger partial charge in [0.05, 0.1) is 31.8 Å². The SMILES string of the molecule is COc1cccc2c1OC(N)=C(C#N)/C2=C(/C#N)C1C(C#N)=C(N)Oc2c(OC)cccc21. The molecule has 2 aliphatic rings. The molecule has 162 valence electrons. The van der Waals surface area contributed by atoms with Gasteiger partial charge in [-0.15, -0.1) is 0 Å². The molecule has 4 rings (SSSR count). The van der Waals surface area contributed by atoms with Gasteiger partial charge in [0.1, 0.15) is 23.3 Å². The van der Waals surface area contributed by atoms with Crippen LogP contribution in [0.2, 0.25) is 0 Å². The standard InChI is InChI=1S/C24H17N5O4/c1-30-17-7-3-5-12-19(15(10-26)23(28)32-21(12)17)14(9-25)20-13-6-4-8-18(31-2)22(13)33-24(29)16(20)11-27/h3-8,19H,28-29H2,1-2H3/b20-14-. The third-order valence-corrected chi connectivity index (χ3v) is 5.39. The Kier molecular flexibility index (Phi) is 5.27. The van der Waals surface area contributed by atoms with Gasteiger partial charge in [-0.25, -0.2) is 0 Å². The molecule has 1 unspecified atom stereocenters. The normalized spacial score (nSPS) is 17.8. The molecule has 1 atom stereocenters. The van der Waals surface area contributed by atoms with Crippen LogP contribution in [0.5, 0.6) is 23.0 Å². The van der Waals surface area contributed by atoms with E-state index in [0.29, 0.717) is 22.6 Å². The number of hydrogen-bond donors (Lipinski definition) is 2. The zero-order valence-electron chi connectivity index (χ0n) is 17.7. The van der Waals surface area contributed by atoms with Gasteiger partial charge in [0.2, 0.25) is 11.8 Å². The summed E-state index contributed by atoms with van der Waals surface area (Å²) in [7, 11) is 2.93. The van der Waals surface area contributed by atoms with E-state index in [1.54, 1.807) is 36.4 Å². The highest BCUT2D eigenvalue weighted by molar-refractivity contribution is 5.93. The minimum Gasteiger partial charge on any atom is -0.493 e. The van der Waals surface area contributed by atoms with Gasteiger partial charge < -0.3 is 30.4 Å². The van der Waals surface area contributed by atoms with Crippen LogP contribution < -0.4 is 30.4 Å². The van der Waals surface area contributed by atoms with Gasteiger partial charge >= 0.3 is 0 Å². The first-order valence-electron chi connectivity index (χ1n) is 9.64. The Hall–Kier alpha value is -5.07. The number of nitrogens with two attached hydrogens (primary N) is 2. The second kappa shape index (κ2) is 8.22. The average molecular weight is 439 g/mol. The van der Waals surface area contributed by atoms with Gasteiger partial charge in [0.25, 0.3) is 0 Å². The van der Waals surface area contributed by atoms with Crippen LogP contribution in [0.15, 0.2) is 64.9 Å². The van der Waals surface area contributed by atoms with Gasteiger partial charge in [-0.3, -0.25) is 0 Å². The average Bonchev–Trinajstić information content (AvgIpc) is 2.83. The molecule has 2 aromatic carbocycles. The molecule has 9 heteroatoms. The van der Waals surface area contributed by atoms with Crippen LogP contribution in [-0.2, 0) is 0 Å². The molecule has 9 nitrogen and oxygen atoms in total. The van der Waals surface area contributed by atoms with Crippen molar-refractivity contribution in [2.75, 3.05) is 14.2 Å². The van der Waals surface area contributed by atoms with E-state index in [0.717, 1.165) is 0 Å². The first-order valence-corrected chi connectivity index (χ1v) is 9.64. The highest BCUT2D eigenvalue weighted by Gasteiger charge is 2.38. The third kappa shape index (κ3) is 3.15. The molecule has 0 aliphatic carbocycles. The van der Waals surface area contributed by atoms with E-state index in [1.165, 1.54) is 14.2 Å². The van der Waals surface area contributed by atoms with E-state index in [4.69, 9.17) is 30.4 Å². The number of allylic oxidation sites excluding steroid dienone is 4. The molecular formula is C24H17N5O4. The fraction of sp³-hybridized carbons (Fsp3) is 0.125. The Labute approximate surface area is 189 Å². The summed E-state index contributed by atoms with van der Waals surface area (Å²) in [5, 5.41) is 30.1. The molecule has 0 fully saturated rings. The number of hydrogen-bond acceptors (Lipinski definition) is 9. The quantitative estimate of drug-likeness (QED) is 0.685. The predicted octanol–water partition coefficient (Wildman–Crippen LogP) is 2.94.